The molecule has 0 aliphatic carbocycles. The first kappa shape index (κ1) is 20.7. The van der Waals surface area contributed by atoms with Crippen molar-refractivity contribution >= 4 is 23.3 Å². The fourth-order valence-electron chi connectivity index (χ4n) is 2.44. The van der Waals surface area contributed by atoms with Crippen molar-refractivity contribution in [3.05, 3.63) is 30.1 Å². The van der Waals surface area contributed by atoms with Crippen LogP contribution in [0.4, 0.5) is 14.9 Å². The maximum atomic E-state index is 12.9. The van der Waals surface area contributed by atoms with Gasteiger partial charge in [0.1, 0.15) is 5.82 Å². The smallest absolute Gasteiger partial charge is 0.321 e. The van der Waals surface area contributed by atoms with E-state index in [9.17, 15) is 14.0 Å². The van der Waals surface area contributed by atoms with Crippen LogP contribution in [0.3, 0.4) is 0 Å². The monoisotopic (exact) mass is 378 g/mol. The van der Waals surface area contributed by atoms with Gasteiger partial charge in [0, 0.05) is 37.7 Å². The molecule has 2 rings (SSSR count). The van der Waals surface area contributed by atoms with E-state index in [1.54, 1.807) is 4.90 Å². The zero-order valence-electron chi connectivity index (χ0n) is 16.0. The molecule has 1 unspecified atom stereocenters. The van der Waals surface area contributed by atoms with Crippen molar-refractivity contribution < 1.29 is 18.8 Å². The molecular formula is C19H27FN4O3. The lowest BCUT2D eigenvalue weighted by Gasteiger charge is -2.27. The van der Waals surface area contributed by atoms with Gasteiger partial charge in [-0.05, 0) is 37.1 Å². The zero-order valence-corrected chi connectivity index (χ0v) is 16.0. The summed E-state index contributed by atoms with van der Waals surface area (Å²) in [5.41, 5.74) is 1.37. The van der Waals surface area contributed by atoms with Crippen molar-refractivity contribution in [3.63, 3.8) is 0 Å². The quantitative estimate of drug-likeness (QED) is 0.747. The number of piperidine rings is 1. The Morgan fingerprint density at radius 2 is 1.81 bits per heavy atom. The molecule has 1 heterocycles. The van der Waals surface area contributed by atoms with E-state index in [-0.39, 0.29) is 30.4 Å². The second-order valence-corrected chi connectivity index (χ2v) is 6.96. The first-order valence-electron chi connectivity index (χ1n) is 9.13. The topological polar surface area (TPSA) is 83.0 Å². The van der Waals surface area contributed by atoms with E-state index in [2.05, 4.69) is 15.8 Å². The number of oxime groups is 1. The van der Waals surface area contributed by atoms with Gasteiger partial charge in [0.15, 0.2) is 6.61 Å². The van der Waals surface area contributed by atoms with Gasteiger partial charge in [-0.15, -0.1) is 0 Å². The number of nitrogens with zero attached hydrogens (tertiary/aromatic N) is 2. The number of halogens is 1. The normalized spacial score (nSPS) is 15.3. The van der Waals surface area contributed by atoms with Crippen LogP contribution in [0.15, 0.2) is 29.4 Å². The molecule has 1 atom stereocenters. The van der Waals surface area contributed by atoms with Crippen molar-refractivity contribution in [1.29, 1.82) is 0 Å². The van der Waals surface area contributed by atoms with Crippen LogP contribution in [-0.4, -0.2) is 48.3 Å². The van der Waals surface area contributed by atoms with E-state index < -0.39 is 0 Å². The number of likely N-dealkylation sites (tertiary alicyclic amines) is 1. The molecule has 1 saturated heterocycles. The Hall–Kier alpha value is -2.64. The number of nitrogens with one attached hydrogen (secondary N) is 2. The number of amides is 3. The molecule has 0 spiro atoms. The second kappa shape index (κ2) is 9.89. The highest BCUT2D eigenvalue weighted by atomic mass is 19.1. The number of hydrogen-bond donors (Lipinski definition) is 2. The van der Waals surface area contributed by atoms with Crippen LogP contribution in [0.2, 0.25) is 0 Å². The third-order valence-electron chi connectivity index (χ3n) is 4.50. The Labute approximate surface area is 158 Å². The molecule has 7 nitrogen and oxygen atoms in total. The predicted octanol–water partition coefficient (Wildman–Crippen LogP) is 2.99. The van der Waals surface area contributed by atoms with Crippen molar-refractivity contribution in [2.45, 2.75) is 39.7 Å². The number of hydrogen-bond acceptors (Lipinski definition) is 4. The highest BCUT2D eigenvalue weighted by Crippen LogP contribution is 2.13. The Kier molecular flexibility index (Phi) is 7.57. The summed E-state index contributed by atoms with van der Waals surface area (Å²) in [6.45, 7) is 6.91. The Balaban J connectivity index is 1.71. The zero-order chi connectivity index (χ0) is 19.8. The van der Waals surface area contributed by atoms with Crippen LogP contribution in [0.5, 0.6) is 0 Å². The summed E-state index contributed by atoms with van der Waals surface area (Å²) in [5.74, 6) is -0.193. The summed E-state index contributed by atoms with van der Waals surface area (Å²) >= 11 is 0. The van der Waals surface area contributed by atoms with Crippen molar-refractivity contribution in [2.75, 3.05) is 25.0 Å². The molecule has 0 aromatic heterocycles. The summed E-state index contributed by atoms with van der Waals surface area (Å²) in [6, 6.07) is 5.48. The molecule has 2 N–H and O–H groups in total. The molecule has 3 amide bonds. The highest BCUT2D eigenvalue weighted by Gasteiger charge is 2.20. The van der Waals surface area contributed by atoms with Gasteiger partial charge in [0.2, 0.25) is 0 Å². The molecule has 1 fully saturated rings. The summed E-state index contributed by atoms with van der Waals surface area (Å²) in [4.78, 5) is 30.8. The SMILES string of the molecule is CC(C)C(C)NC(=O)CON=C1CCN(C(=O)Nc2ccc(F)cc2)CC1. The van der Waals surface area contributed by atoms with Gasteiger partial charge in [-0.3, -0.25) is 4.79 Å². The molecule has 1 aromatic carbocycles. The van der Waals surface area contributed by atoms with Crippen molar-refractivity contribution in [3.8, 4) is 0 Å². The molecule has 1 aliphatic heterocycles. The van der Waals surface area contributed by atoms with Crippen LogP contribution in [-0.2, 0) is 9.63 Å². The number of anilines is 1. The lowest BCUT2D eigenvalue weighted by atomic mass is 10.1. The van der Waals surface area contributed by atoms with E-state index in [1.807, 2.05) is 20.8 Å². The van der Waals surface area contributed by atoms with Gasteiger partial charge < -0.3 is 20.4 Å². The van der Waals surface area contributed by atoms with Crippen LogP contribution in [0, 0.1) is 11.7 Å². The number of rotatable bonds is 6. The van der Waals surface area contributed by atoms with E-state index in [1.165, 1.54) is 24.3 Å². The predicted molar refractivity (Wildman–Crippen MR) is 102 cm³/mol. The summed E-state index contributed by atoms with van der Waals surface area (Å²) in [6.07, 6.45) is 1.17. The summed E-state index contributed by atoms with van der Waals surface area (Å²) < 4.78 is 12.9. The number of benzene rings is 1. The van der Waals surface area contributed by atoms with Crippen molar-refractivity contribution in [2.24, 2.45) is 11.1 Å². The minimum absolute atomic E-state index is 0.0802. The van der Waals surface area contributed by atoms with Gasteiger partial charge in [-0.1, -0.05) is 19.0 Å². The Bertz CT molecular complexity index is 666. The average molecular weight is 378 g/mol. The molecule has 148 valence electrons. The van der Waals surface area contributed by atoms with E-state index in [0.29, 0.717) is 37.5 Å². The lowest BCUT2D eigenvalue weighted by Crippen LogP contribution is -2.41. The maximum Gasteiger partial charge on any atom is 0.321 e. The van der Waals surface area contributed by atoms with Crippen LogP contribution in [0.1, 0.15) is 33.6 Å². The minimum atomic E-state index is -0.348. The van der Waals surface area contributed by atoms with Gasteiger partial charge in [-0.25, -0.2) is 9.18 Å². The number of carbonyl (C=O) groups excluding carboxylic acids is 2. The van der Waals surface area contributed by atoms with E-state index >= 15 is 0 Å². The van der Waals surface area contributed by atoms with Crippen LogP contribution < -0.4 is 10.6 Å². The average Bonchev–Trinajstić information content (AvgIpc) is 2.64. The standard InChI is InChI=1S/C19H27FN4O3/c1-13(2)14(3)21-18(25)12-27-23-17-8-10-24(11-9-17)19(26)22-16-6-4-15(20)5-7-16/h4-7,13-14H,8-12H2,1-3H3,(H,21,25)(H,22,26). The molecule has 8 heteroatoms. The lowest BCUT2D eigenvalue weighted by molar-refractivity contribution is -0.126. The molecule has 0 bridgehead atoms. The Morgan fingerprint density at radius 1 is 1.19 bits per heavy atom. The van der Waals surface area contributed by atoms with E-state index in [0.717, 1.165) is 5.71 Å². The molecule has 1 aliphatic rings. The van der Waals surface area contributed by atoms with Gasteiger partial charge in [0.05, 0.1) is 5.71 Å². The largest absolute Gasteiger partial charge is 0.386 e. The van der Waals surface area contributed by atoms with E-state index in [4.69, 9.17) is 4.84 Å². The fraction of sp³-hybridized carbons (Fsp3) is 0.526. The van der Waals surface area contributed by atoms with Crippen molar-refractivity contribution in [1.82, 2.24) is 10.2 Å². The Morgan fingerprint density at radius 3 is 2.41 bits per heavy atom. The number of urea groups is 1. The van der Waals surface area contributed by atoms with Gasteiger partial charge in [-0.2, -0.15) is 0 Å². The molecule has 0 radical (unpaired) electrons. The summed E-state index contributed by atoms with van der Waals surface area (Å²) in [7, 11) is 0. The molecule has 1 aromatic rings. The molecule has 27 heavy (non-hydrogen) atoms. The second-order valence-electron chi connectivity index (χ2n) is 6.96. The molecular weight excluding hydrogens is 351 g/mol. The van der Waals surface area contributed by atoms with Crippen LogP contribution >= 0.6 is 0 Å². The molecule has 0 saturated carbocycles. The first-order chi connectivity index (χ1) is 12.8. The first-order valence-corrected chi connectivity index (χ1v) is 9.13. The van der Waals surface area contributed by atoms with Crippen LogP contribution in [0.25, 0.3) is 0 Å². The third-order valence-corrected chi connectivity index (χ3v) is 4.50. The third kappa shape index (κ3) is 6.88. The van der Waals surface area contributed by atoms with Gasteiger partial charge >= 0.3 is 6.03 Å². The number of carbonyl (C=O) groups is 2. The fourth-order valence-corrected chi connectivity index (χ4v) is 2.44. The van der Waals surface area contributed by atoms with Gasteiger partial charge in [0.25, 0.3) is 5.91 Å². The maximum absolute atomic E-state index is 12.9. The summed E-state index contributed by atoms with van der Waals surface area (Å²) in [5, 5.41) is 9.60. The highest BCUT2D eigenvalue weighted by molar-refractivity contribution is 5.92. The minimum Gasteiger partial charge on any atom is -0.386 e.